The number of hydrogen-bond acceptors (Lipinski definition) is 2. The van der Waals surface area contributed by atoms with Crippen molar-refractivity contribution in [3.8, 4) is 0 Å². The second-order valence-corrected chi connectivity index (χ2v) is 8.29. The van der Waals surface area contributed by atoms with Crippen LogP contribution in [0, 0.1) is 0 Å². The fourth-order valence-corrected chi connectivity index (χ4v) is 5.56. The Morgan fingerprint density at radius 3 is 2.71 bits per heavy atom. The fourth-order valence-electron chi connectivity index (χ4n) is 4.15. The number of nitrogens with zero attached hydrogens (tertiary/aromatic N) is 1. The molecule has 1 fully saturated rings. The molecule has 1 amide bonds. The van der Waals surface area contributed by atoms with Crippen LogP contribution in [0.15, 0.2) is 53.4 Å². The van der Waals surface area contributed by atoms with Crippen molar-refractivity contribution in [3.05, 3.63) is 64.7 Å². The van der Waals surface area contributed by atoms with Gasteiger partial charge >= 0.3 is 0 Å². The fraction of sp³-hybridized carbons (Fsp3) is 0.350. The second kappa shape index (κ2) is 6.12. The van der Waals surface area contributed by atoms with Gasteiger partial charge in [0.25, 0.3) is 0 Å². The lowest BCUT2D eigenvalue weighted by Crippen LogP contribution is -2.55. The molecule has 2 atom stereocenters. The van der Waals surface area contributed by atoms with Gasteiger partial charge in [-0.2, -0.15) is 0 Å². The van der Waals surface area contributed by atoms with Gasteiger partial charge in [-0.05, 0) is 54.5 Å². The van der Waals surface area contributed by atoms with Crippen molar-refractivity contribution in [3.63, 3.8) is 0 Å². The molecule has 1 saturated heterocycles. The molecule has 2 nitrogen and oxygen atoms in total. The van der Waals surface area contributed by atoms with Gasteiger partial charge in [-0.3, -0.25) is 9.10 Å². The summed E-state index contributed by atoms with van der Waals surface area (Å²) in [5.41, 5.74) is 2.88. The van der Waals surface area contributed by atoms with Gasteiger partial charge in [0, 0.05) is 16.7 Å². The van der Waals surface area contributed by atoms with Crippen molar-refractivity contribution in [1.82, 2.24) is 4.31 Å². The molecule has 0 spiro atoms. The van der Waals surface area contributed by atoms with E-state index < -0.39 is 0 Å². The van der Waals surface area contributed by atoms with Crippen molar-refractivity contribution in [2.24, 2.45) is 0 Å². The van der Waals surface area contributed by atoms with Gasteiger partial charge in [0.2, 0.25) is 5.91 Å². The van der Waals surface area contributed by atoms with E-state index in [4.69, 9.17) is 11.6 Å². The van der Waals surface area contributed by atoms with E-state index in [1.54, 1.807) is 0 Å². The third-order valence-corrected chi connectivity index (χ3v) is 7.12. The second-order valence-electron chi connectivity index (χ2n) is 6.87. The van der Waals surface area contributed by atoms with Crippen molar-refractivity contribution in [2.45, 2.75) is 49.0 Å². The lowest BCUT2D eigenvalue weighted by Gasteiger charge is -2.50. The number of rotatable bonds is 2. The Kier molecular flexibility index (Phi) is 4.09. The summed E-state index contributed by atoms with van der Waals surface area (Å²) in [6.45, 7) is 2.32. The van der Waals surface area contributed by atoms with Crippen LogP contribution in [-0.4, -0.2) is 16.3 Å². The molecule has 2 aromatic rings. The number of carbonyl (C=O) groups is 1. The van der Waals surface area contributed by atoms with Crippen LogP contribution in [0.1, 0.15) is 37.3 Å². The zero-order chi connectivity index (χ0) is 16.7. The molecular formula is C20H20ClNOS. The van der Waals surface area contributed by atoms with Crippen LogP contribution in [0.3, 0.4) is 0 Å². The number of benzene rings is 2. The van der Waals surface area contributed by atoms with Gasteiger partial charge in [-0.15, -0.1) is 0 Å². The molecule has 4 heteroatoms. The summed E-state index contributed by atoms with van der Waals surface area (Å²) in [6.07, 6.45) is 3.56. The number of hydrogen-bond donors (Lipinski definition) is 0. The average molecular weight is 358 g/mol. The molecule has 0 aromatic heterocycles. The largest absolute Gasteiger partial charge is 0.278 e. The first-order chi connectivity index (χ1) is 11.6. The van der Waals surface area contributed by atoms with Gasteiger partial charge in [0.15, 0.2) is 0 Å². The zero-order valence-electron chi connectivity index (χ0n) is 13.7. The molecule has 0 unspecified atom stereocenters. The van der Waals surface area contributed by atoms with Gasteiger partial charge in [-0.1, -0.05) is 54.9 Å². The first kappa shape index (κ1) is 16.0. The number of aryl methyl sites for hydroxylation is 1. The summed E-state index contributed by atoms with van der Waals surface area (Å²) in [6, 6.07) is 16.7. The number of carbonyl (C=O) groups excluding carboxylic acids is 1. The summed E-state index contributed by atoms with van der Waals surface area (Å²) in [4.78, 5) is 13.6. The standard InChI is InChI=1S/C20H20ClNOS/c1-20-13-12-19(23)22(24-17-9-5-4-8-16(17)21)18(20)11-10-14-6-2-3-7-15(14)20/h2-9,18H,10-13H2,1H3/t18-,20-/m1/s1. The smallest absolute Gasteiger partial charge is 0.233 e. The molecular weight excluding hydrogens is 338 g/mol. The Morgan fingerprint density at radius 1 is 1.12 bits per heavy atom. The number of amides is 1. The molecule has 0 N–H and O–H groups in total. The van der Waals surface area contributed by atoms with Gasteiger partial charge in [0.05, 0.1) is 11.1 Å². The minimum Gasteiger partial charge on any atom is -0.278 e. The molecule has 0 radical (unpaired) electrons. The van der Waals surface area contributed by atoms with Crippen LogP contribution in [0.5, 0.6) is 0 Å². The quantitative estimate of drug-likeness (QED) is 0.685. The van der Waals surface area contributed by atoms with E-state index in [0.717, 1.165) is 24.2 Å². The summed E-state index contributed by atoms with van der Waals surface area (Å²) >= 11 is 7.83. The minimum atomic E-state index is 0.0248. The van der Waals surface area contributed by atoms with E-state index >= 15 is 0 Å². The third kappa shape index (κ3) is 2.55. The van der Waals surface area contributed by atoms with E-state index in [0.29, 0.717) is 11.4 Å². The number of piperidine rings is 1. The first-order valence-corrected chi connectivity index (χ1v) is 9.58. The molecule has 24 heavy (non-hydrogen) atoms. The minimum absolute atomic E-state index is 0.0248. The van der Waals surface area contributed by atoms with Crippen molar-refractivity contribution in [2.75, 3.05) is 0 Å². The van der Waals surface area contributed by atoms with Crippen molar-refractivity contribution < 1.29 is 4.79 Å². The Hall–Kier alpha value is -1.45. The zero-order valence-corrected chi connectivity index (χ0v) is 15.2. The Balaban J connectivity index is 1.71. The highest BCUT2D eigenvalue weighted by Gasteiger charge is 2.48. The molecule has 1 heterocycles. The summed E-state index contributed by atoms with van der Waals surface area (Å²) < 4.78 is 2.00. The average Bonchev–Trinajstić information content (AvgIpc) is 2.60. The van der Waals surface area contributed by atoms with Crippen LogP contribution in [0.2, 0.25) is 5.02 Å². The van der Waals surface area contributed by atoms with E-state index in [9.17, 15) is 4.79 Å². The number of halogens is 1. The van der Waals surface area contributed by atoms with Crippen molar-refractivity contribution in [1.29, 1.82) is 0 Å². The topological polar surface area (TPSA) is 20.3 Å². The maximum atomic E-state index is 12.7. The Labute approximate surface area is 152 Å². The molecule has 1 aliphatic heterocycles. The molecule has 2 aromatic carbocycles. The molecule has 4 rings (SSSR count). The SMILES string of the molecule is C[C@]12CCC(=O)N(Sc3ccccc3Cl)[C@@H]1CCc1ccccc12. The summed E-state index contributed by atoms with van der Waals surface area (Å²) in [5.74, 6) is 0.224. The van der Waals surface area contributed by atoms with Crippen LogP contribution in [-0.2, 0) is 16.6 Å². The van der Waals surface area contributed by atoms with Gasteiger partial charge in [-0.25, -0.2) is 0 Å². The van der Waals surface area contributed by atoms with E-state index in [1.165, 1.54) is 23.1 Å². The van der Waals surface area contributed by atoms with Crippen LogP contribution in [0.4, 0.5) is 0 Å². The molecule has 0 saturated carbocycles. The maximum Gasteiger partial charge on any atom is 0.233 e. The molecule has 124 valence electrons. The van der Waals surface area contributed by atoms with Gasteiger partial charge in [0.1, 0.15) is 0 Å². The third-order valence-electron chi connectivity index (χ3n) is 5.48. The van der Waals surface area contributed by atoms with E-state index in [1.807, 2.05) is 28.6 Å². The lowest BCUT2D eigenvalue weighted by molar-refractivity contribution is -0.132. The molecule has 0 bridgehead atoms. The predicted octanol–water partition coefficient (Wildman–Crippen LogP) is 5.24. The monoisotopic (exact) mass is 357 g/mol. The Morgan fingerprint density at radius 2 is 1.88 bits per heavy atom. The van der Waals surface area contributed by atoms with Gasteiger partial charge < -0.3 is 0 Å². The van der Waals surface area contributed by atoms with Crippen LogP contribution < -0.4 is 0 Å². The lowest BCUT2D eigenvalue weighted by atomic mass is 9.64. The number of fused-ring (bicyclic) bond motifs is 3. The maximum absolute atomic E-state index is 12.7. The first-order valence-electron chi connectivity index (χ1n) is 8.42. The predicted molar refractivity (Wildman–Crippen MR) is 99.3 cm³/mol. The Bertz CT molecular complexity index is 793. The highest BCUT2D eigenvalue weighted by Crippen LogP contribution is 2.49. The summed E-state index contributed by atoms with van der Waals surface area (Å²) in [5, 5.41) is 0.707. The highest BCUT2D eigenvalue weighted by molar-refractivity contribution is 7.97. The van der Waals surface area contributed by atoms with Crippen LogP contribution in [0.25, 0.3) is 0 Å². The highest BCUT2D eigenvalue weighted by atomic mass is 35.5. The normalized spacial score (nSPS) is 26.0. The van der Waals surface area contributed by atoms with E-state index in [2.05, 4.69) is 31.2 Å². The van der Waals surface area contributed by atoms with Crippen molar-refractivity contribution >= 4 is 29.5 Å². The molecule has 1 aliphatic carbocycles. The van der Waals surface area contributed by atoms with Crippen LogP contribution >= 0.6 is 23.5 Å². The molecule has 2 aliphatic rings. The van der Waals surface area contributed by atoms with E-state index in [-0.39, 0.29) is 17.4 Å². The summed E-state index contributed by atoms with van der Waals surface area (Å²) in [7, 11) is 0.